The fraction of sp³-hybridized carbons (Fsp3) is 0.300. The number of phenols is 2. The number of hydrogen-bond acceptors (Lipinski definition) is 4. The van der Waals surface area contributed by atoms with E-state index >= 15 is 0 Å². The Morgan fingerprint density at radius 2 is 2.14 bits per heavy atom. The zero-order valence-corrected chi connectivity index (χ0v) is 7.65. The Hall–Kier alpha value is -1.71. The molecule has 2 rings (SSSR count). The highest BCUT2D eigenvalue weighted by Crippen LogP contribution is 2.42. The van der Waals surface area contributed by atoms with Crippen molar-refractivity contribution in [2.24, 2.45) is 0 Å². The lowest BCUT2D eigenvalue weighted by Crippen LogP contribution is -2.18. The molecule has 0 saturated carbocycles. The molecule has 1 atom stereocenters. The number of benzene rings is 1. The first-order valence-electron chi connectivity index (χ1n) is 4.34. The summed E-state index contributed by atoms with van der Waals surface area (Å²) in [6.07, 6.45) is 0.255. The summed E-state index contributed by atoms with van der Waals surface area (Å²) < 4.78 is 4.90. The van der Waals surface area contributed by atoms with Crippen LogP contribution >= 0.6 is 0 Å². The largest absolute Gasteiger partial charge is 0.508 e. The third kappa shape index (κ3) is 1.28. The summed E-state index contributed by atoms with van der Waals surface area (Å²) in [6.45, 7) is 1.83. The predicted octanol–water partition coefficient (Wildman–Crippen LogP) is 1.51. The molecular weight excluding hydrogens is 184 g/mol. The van der Waals surface area contributed by atoms with Crippen LogP contribution in [0, 0.1) is 0 Å². The number of esters is 1. The summed E-state index contributed by atoms with van der Waals surface area (Å²) in [5.41, 5.74) is 0.586. The van der Waals surface area contributed by atoms with Crippen LogP contribution in [0.4, 0.5) is 0 Å². The molecule has 1 aromatic rings. The number of fused-ring (bicyclic) bond motifs is 1. The molecule has 2 N–H and O–H groups in total. The van der Waals surface area contributed by atoms with Crippen LogP contribution < -0.4 is 4.74 Å². The molecule has 0 aromatic heterocycles. The minimum atomic E-state index is -0.338. The van der Waals surface area contributed by atoms with Gasteiger partial charge in [0.2, 0.25) is 0 Å². The molecule has 1 aliphatic heterocycles. The van der Waals surface area contributed by atoms with Gasteiger partial charge in [0.1, 0.15) is 17.2 Å². The van der Waals surface area contributed by atoms with Crippen molar-refractivity contribution in [1.82, 2.24) is 0 Å². The van der Waals surface area contributed by atoms with Crippen LogP contribution in [0.1, 0.15) is 24.8 Å². The number of aromatic hydroxyl groups is 2. The van der Waals surface area contributed by atoms with Crippen LogP contribution in [0.2, 0.25) is 0 Å². The second kappa shape index (κ2) is 2.90. The molecule has 14 heavy (non-hydrogen) atoms. The molecule has 1 heterocycles. The van der Waals surface area contributed by atoms with E-state index in [1.165, 1.54) is 12.1 Å². The molecule has 0 amide bonds. The van der Waals surface area contributed by atoms with Crippen molar-refractivity contribution in [3.63, 3.8) is 0 Å². The Balaban J connectivity index is 2.58. The molecule has 0 radical (unpaired) electrons. The van der Waals surface area contributed by atoms with Crippen molar-refractivity contribution in [1.29, 1.82) is 0 Å². The summed E-state index contributed by atoms with van der Waals surface area (Å²) in [5.74, 6) is -0.295. The third-order valence-electron chi connectivity index (χ3n) is 2.29. The Bertz CT molecular complexity index is 397. The van der Waals surface area contributed by atoms with E-state index < -0.39 is 0 Å². The summed E-state index contributed by atoms with van der Waals surface area (Å²) in [5, 5.41) is 18.7. The summed E-state index contributed by atoms with van der Waals surface area (Å²) in [6, 6.07) is 2.58. The van der Waals surface area contributed by atoms with E-state index in [-0.39, 0.29) is 35.6 Å². The molecule has 0 bridgehead atoms. The number of ether oxygens (including phenoxy) is 1. The van der Waals surface area contributed by atoms with E-state index in [2.05, 4.69) is 0 Å². The minimum absolute atomic E-state index is 0.0278. The van der Waals surface area contributed by atoms with Gasteiger partial charge >= 0.3 is 5.97 Å². The predicted molar refractivity (Wildman–Crippen MR) is 48.4 cm³/mol. The van der Waals surface area contributed by atoms with Crippen molar-refractivity contribution in [2.75, 3.05) is 0 Å². The zero-order chi connectivity index (χ0) is 10.3. The van der Waals surface area contributed by atoms with Crippen LogP contribution in [-0.2, 0) is 4.79 Å². The van der Waals surface area contributed by atoms with Crippen LogP contribution in [0.5, 0.6) is 17.2 Å². The van der Waals surface area contributed by atoms with Crippen LogP contribution in [0.3, 0.4) is 0 Å². The van der Waals surface area contributed by atoms with Gasteiger partial charge < -0.3 is 14.9 Å². The fourth-order valence-electron chi connectivity index (χ4n) is 1.69. The topological polar surface area (TPSA) is 66.8 Å². The van der Waals surface area contributed by atoms with Gasteiger partial charge in [-0.05, 0) is 5.92 Å². The van der Waals surface area contributed by atoms with Gasteiger partial charge in [-0.3, -0.25) is 4.79 Å². The average Bonchev–Trinajstić information content (AvgIpc) is 1.99. The second-order valence-corrected chi connectivity index (χ2v) is 3.46. The lowest BCUT2D eigenvalue weighted by molar-refractivity contribution is -0.135. The van der Waals surface area contributed by atoms with Crippen LogP contribution in [0.15, 0.2) is 12.1 Å². The van der Waals surface area contributed by atoms with Crippen LogP contribution in [-0.4, -0.2) is 16.2 Å². The number of rotatable bonds is 0. The minimum Gasteiger partial charge on any atom is -0.508 e. The maximum absolute atomic E-state index is 11.1. The van der Waals surface area contributed by atoms with Gasteiger partial charge in [-0.2, -0.15) is 0 Å². The van der Waals surface area contributed by atoms with Gasteiger partial charge in [0, 0.05) is 17.7 Å². The Labute approximate surface area is 80.7 Å². The molecule has 0 fully saturated rings. The molecule has 74 valence electrons. The molecular formula is C10H10O4. The van der Waals surface area contributed by atoms with Gasteiger partial charge in [-0.25, -0.2) is 0 Å². The van der Waals surface area contributed by atoms with E-state index in [1.54, 1.807) is 0 Å². The third-order valence-corrected chi connectivity index (χ3v) is 2.29. The Kier molecular flexibility index (Phi) is 1.84. The first-order chi connectivity index (χ1) is 6.58. The Morgan fingerprint density at radius 1 is 1.43 bits per heavy atom. The van der Waals surface area contributed by atoms with Crippen molar-refractivity contribution in [2.45, 2.75) is 19.3 Å². The van der Waals surface area contributed by atoms with Crippen molar-refractivity contribution in [3.05, 3.63) is 17.7 Å². The van der Waals surface area contributed by atoms with Gasteiger partial charge in [0.05, 0.1) is 6.42 Å². The average molecular weight is 194 g/mol. The monoisotopic (exact) mass is 194 g/mol. The van der Waals surface area contributed by atoms with Crippen molar-refractivity contribution < 1.29 is 19.7 Å². The van der Waals surface area contributed by atoms with Gasteiger partial charge in [-0.1, -0.05) is 6.92 Å². The molecule has 0 aliphatic carbocycles. The van der Waals surface area contributed by atoms with Crippen LogP contribution in [0.25, 0.3) is 0 Å². The lowest BCUT2D eigenvalue weighted by Gasteiger charge is -2.22. The zero-order valence-electron chi connectivity index (χ0n) is 7.65. The maximum atomic E-state index is 11.1. The highest BCUT2D eigenvalue weighted by molar-refractivity contribution is 5.77. The molecule has 0 saturated heterocycles. The summed E-state index contributed by atoms with van der Waals surface area (Å²) in [7, 11) is 0. The molecule has 0 spiro atoms. The van der Waals surface area contributed by atoms with Crippen molar-refractivity contribution in [3.8, 4) is 17.2 Å². The lowest BCUT2D eigenvalue weighted by atomic mass is 9.94. The smallest absolute Gasteiger partial charge is 0.311 e. The standard InChI is InChI=1S/C10H10O4/c1-5-2-9(13)14-8-4-6(11)3-7(12)10(5)8/h3-5,11-12H,2H2,1H3. The number of phenolic OH excluding ortho intramolecular Hbond substituents is 2. The summed E-state index contributed by atoms with van der Waals surface area (Å²) >= 11 is 0. The molecule has 4 nitrogen and oxygen atoms in total. The fourth-order valence-corrected chi connectivity index (χ4v) is 1.69. The first kappa shape index (κ1) is 8.87. The number of hydrogen-bond donors (Lipinski definition) is 2. The molecule has 1 aliphatic rings. The summed E-state index contributed by atoms with van der Waals surface area (Å²) in [4.78, 5) is 11.1. The molecule has 1 unspecified atom stereocenters. The normalized spacial score (nSPS) is 20.1. The quantitative estimate of drug-likeness (QED) is 0.485. The van der Waals surface area contributed by atoms with E-state index in [0.717, 1.165) is 0 Å². The second-order valence-electron chi connectivity index (χ2n) is 3.46. The molecule has 1 aromatic carbocycles. The number of carbonyl (C=O) groups excluding carboxylic acids is 1. The highest BCUT2D eigenvalue weighted by atomic mass is 16.5. The molecule has 4 heteroatoms. The maximum Gasteiger partial charge on any atom is 0.311 e. The highest BCUT2D eigenvalue weighted by Gasteiger charge is 2.27. The van der Waals surface area contributed by atoms with Crippen molar-refractivity contribution >= 4 is 5.97 Å². The Morgan fingerprint density at radius 3 is 2.86 bits per heavy atom. The SMILES string of the molecule is CC1CC(=O)Oc2cc(O)cc(O)c21. The van der Waals surface area contributed by atoms with Gasteiger partial charge in [0.25, 0.3) is 0 Å². The van der Waals surface area contributed by atoms with E-state index in [1.807, 2.05) is 6.92 Å². The first-order valence-corrected chi connectivity index (χ1v) is 4.34. The van der Waals surface area contributed by atoms with E-state index in [4.69, 9.17) is 4.74 Å². The van der Waals surface area contributed by atoms with Gasteiger partial charge in [0.15, 0.2) is 0 Å². The van der Waals surface area contributed by atoms with Gasteiger partial charge in [-0.15, -0.1) is 0 Å². The van der Waals surface area contributed by atoms with E-state index in [9.17, 15) is 15.0 Å². The van der Waals surface area contributed by atoms with E-state index in [0.29, 0.717) is 5.56 Å². The number of carbonyl (C=O) groups is 1.